The van der Waals surface area contributed by atoms with Gasteiger partial charge < -0.3 is 10.4 Å². The standard InChI is InChI=1S/C12H13BrN2O4/c1-12(11(16)17,7-2-3-7)14-10-5-4-8(15(18)19)6-9(10)13/h4-7,14H,2-3H2,1H3,(H,16,17). The molecule has 0 heterocycles. The highest BCUT2D eigenvalue weighted by Gasteiger charge is 2.47. The predicted molar refractivity (Wildman–Crippen MR) is 73.2 cm³/mol. The van der Waals surface area contributed by atoms with Gasteiger partial charge in [0.2, 0.25) is 0 Å². The Labute approximate surface area is 118 Å². The zero-order valence-corrected chi connectivity index (χ0v) is 11.8. The Morgan fingerprint density at radius 3 is 2.63 bits per heavy atom. The van der Waals surface area contributed by atoms with E-state index < -0.39 is 16.4 Å². The third-order valence-corrected chi connectivity index (χ3v) is 4.05. The average Bonchev–Trinajstić information content (AvgIpc) is 3.15. The van der Waals surface area contributed by atoms with Gasteiger partial charge in [0.1, 0.15) is 5.54 Å². The van der Waals surface area contributed by atoms with E-state index in [1.807, 2.05) is 0 Å². The molecule has 19 heavy (non-hydrogen) atoms. The summed E-state index contributed by atoms with van der Waals surface area (Å²) in [5.41, 5.74) is -0.540. The zero-order valence-electron chi connectivity index (χ0n) is 10.2. The van der Waals surface area contributed by atoms with Gasteiger partial charge in [0.05, 0.1) is 4.92 Å². The van der Waals surface area contributed by atoms with Crippen molar-refractivity contribution < 1.29 is 14.8 Å². The Morgan fingerprint density at radius 2 is 2.21 bits per heavy atom. The summed E-state index contributed by atoms with van der Waals surface area (Å²) in [6.07, 6.45) is 1.75. The Bertz CT molecular complexity index is 545. The molecule has 1 aromatic carbocycles. The maximum atomic E-state index is 11.4. The first-order chi connectivity index (χ1) is 8.84. The van der Waals surface area contributed by atoms with Crippen LogP contribution < -0.4 is 5.32 Å². The van der Waals surface area contributed by atoms with Gasteiger partial charge >= 0.3 is 5.97 Å². The molecule has 1 saturated carbocycles. The summed E-state index contributed by atoms with van der Waals surface area (Å²) in [5, 5.41) is 23.0. The topological polar surface area (TPSA) is 92.5 Å². The minimum absolute atomic E-state index is 0.0409. The first kappa shape index (κ1) is 13.8. The van der Waals surface area contributed by atoms with Crippen LogP contribution in [-0.4, -0.2) is 21.5 Å². The normalized spacial score (nSPS) is 17.6. The molecule has 0 saturated heterocycles. The van der Waals surface area contributed by atoms with E-state index in [0.29, 0.717) is 10.2 Å². The largest absolute Gasteiger partial charge is 0.480 e. The molecule has 0 spiro atoms. The molecule has 2 rings (SSSR count). The summed E-state index contributed by atoms with van der Waals surface area (Å²) in [6, 6.07) is 4.23. The summed E-state index contributed by atoms with van der Waals surface area (Å²) >= 11 is 3.23. The first-order valence-corrected chi connectivity index (χ1v) is 6.59. The predicted octanol–water partition coefficient (Wildman–Crippen LogP) is 3.02. The maximum absolute atomic E-state index is 11.4. The minimum Gasteiger partial charge on any atom is -0.480 e. The maximum Gasteiger partial charge on any atom is 0.329 e. The van der Waals surface area contributed by atoms with Gasteiger partial charge in [-0.25, -0.2) is 4.79 Å². The molecule has 1 fully saturated rings. The second kappa shape index (κ2) is 4.80. The number of nitro benzene ring substituents is 1. The second-order valence-electron chi connectivity index (χ2n) is 4.83. The summed E-state index contributed by atoms with van der Waals surface area (Å²) in [5.74, 6) is -0.827. The number of carbonyl (C=O) groups is 1. The number of benzene rings is 1. The number of nitrogens with one attached hydrogen (secondary N) is 1. The van der Waals surface area contributed by atoms with Gasteiger partial charge in [0.15, 0.2) is 0 Å². The van der Waals surface area contributed by atoms with Crippen LogP contribution in [0.15, 0.2) is 22.7 Å². The van der Waals surface area contributed by atoms with Crippen LogP contribution >= 0.6 is 15.9 Å². The lowest BCUT2D eigenvalue weighted by Crippen LogP contribution is -2.45. The van der Waals surface area contributed by atoms with Crippen LogP contribution in [0.5, 0.6) is 0 Å². The summed E-state index contributed by atoms with van der Waals surface area (Å²) in [7, 11) is 0. The van der Waals surface area contributed by atoms with Crippen LogP contribution in [-0.2, 0) is 4.79 Å². The fourth-order valence-corrected chi connectivity index (χ4v) is 2.46. The van der Waals surface area contributed by atoms with Crippen LogP contribution in [0.4, 0.5) is 11.4 Å². The molecule has 102 valence electrons. The molecule has 1 aliphatic carbocycles. The Hall–Kier alpha value is -1.63. The molecule has 1 atom stereocenters. The number of carboxylic acids is 1. The molecular formula is C12H13BrN2O4. The number of non-ortho nitro benzene ring substituents is 1. The number of halogens is 1. The van der Waals surface area contributed by atoms with Crippen molar-refractivity contribution >= 4 is 33.3 Å². The lowest BCUT2D eigenvalue weighted by atomic mass is 9.95. The van der Waals surface area contributed by atoms with Gasteiger partial charge in [0, 0.05) is 22.3 Å². The van der Waals surface area contributed by atoms with Gasteiger partial charge in [-0.05, 0) is 47.7 Å². The molecule has 1 unspecified atom stereocenters. The van der Waals surface area contributed by atoms with E-state index in [9.17, 15) is 20.0 Å². The minimum atomic E-state index is -1.04. The quantitative estimate of drug-likeness (QED) is 0.640. The Morgan fingerprint density at radius 1 is 1.58 bits per heavy atom. The van der Waals surface area contributed by atoms with Crippen molar-refractivity contribution in [2.45, 2.75) is 25.3 Å². The van der Waals surface area contributed by atoms with Crippen molar-refractivity contribution in [2.24, 2.45) is 5.92 Å². The third kappa shape index (κ3) is 2.70. The molecule has 6 nitrogen and oxygen atoms in total. The molecule has 0 aromatic heterocycles. The smallest absolute Gasteiger partial charge is 0.329 e. The fraction of sp³-hybridized carbons (Fsp3) is 0.417. The molecule has 0 amide bonds. The number of anilines is 1. The van der Waals surface area contributed by atoms with Crippen LogP contribution in [0.25, 0.3) is 0 Å². The number of rotatable bonds is 5. The first-order valence-electron chi connectivity index (χ1n) is 5.80. The number of nitro groups is 1. The monoisotopic (exact) mass is 328 g/mol. The van der Waals surface area contributed by atoms with Crippen molar-refractivity contribution in [3.8, 4) is 0 Å². The van der Waals surface area contributed by atoms with Gasteiger partial charge in [-0.1, -0.05) is 0 Å². The van der Waals surface area contributed by atoms with Crippen molar-refractivity contribution in [2.75, 3.05) is 5.32 Å². The zero-order chi connectivity index (χ0) is 14.2. The molecule has 2 N–H and O–H groups in total. The Kier molecular flexibility index (Phi) is 3.49. The van der Waals surface area contributed by atoms with Crippen LogP contribution in [0.3, 0.4) is 0 Å². The lowest BCUT2D eigenvalue weighted by Gasteiger charge is -2.27. The molecule has 0 bridgehead atoms. The van der Waals surface area contributed by atoms with Crippen molar-refractivity contribution in [3.05, 3.63) is 32.8 Å². The lowest BCUT2D eigenvalue weighted by molar-refractivity contribution is -0.384. The molecule has 1 aliphatic rings. The summed E-state index contributed by atoms with van der Waals surface area (Å²) in [4.78, 5) is 21.6. The average molecular weight is 329 g/mol. The van der Waals surface area contributed by atoms with Crippen LogP contribution in [0, 0.1) is 16.0 Å². The number of carboxylic acid groups (broad SMARTS) is 1. The molecule has 7 heteroatoms. The van der Waals surface area contributed by atoms with Gasteiger partial charge in [0.25, 0.3) is 5.69 Å². The fourth-order valence-electron chi connectivity index (χ4n) is 1.99. The van der Waals surface area contributed by atoms with Gasteiger partial charge in [-0.3, -0.25) is 10.1 Å². The molecule has 1 aromatic rings. The van der Waals surface area contributed by atoms with E-state index >= 15 is 0 Å². The summed E-state index contributed by atoms with van der Waals surface area (Å²) < 4.78 is 0.481. The third-order valence-electron chi connectivity index (χ3n) is 3.40. The Balaban J connectivity index is 2.27. The van der Waals surface area contributed by atoms with Crippen molar-refractivity contribution in [1.29, 1.82) is 0 Å². The van der Waals surface area contributed by atoms with E-state index in [2.05, 4.69) is 21.2 Å². The van der Waals surface area contributed by atoms with E-state index in [4.69, 9.17) is 0 Å². The second-order valence-corrected chi connectivity index (χ2v) is 5.68. The highest BCUT2D eigenvalue weighted by molar-refractivity contribution is 9.10. The van der Waals surface area contributed by atoms with Crippen LogP contribution in [0.2, 0.25) is 0 Å². The highest BCUT2D eigenvalue weighted by Crippen LogP contribution is 2.42. The van der Waals surface area contributed by atoms with Crippen LogP contribution in [0.1, 0.15) is 19.8 Å². The SMILES string of the molecule is CC(Nc1ccc([N+](=O)[O-])cc1Br)(C(=O)O)C1CC1. The van der Waals surface area contributed by atoms with Gasteiger partial charge in [-0.15, -0.1) is 0 Å². The number of aliphatic carboxylic acids is 1. The highest BCUT2D eigenvalue weighted by atomic mass is 79.9. The molecule has 0 aliphatic heterocycles. The van der Waals surface area contributed by atoms with Gasteiger partial charge in [-0.2, -0.15) is 0 Å². The molecular weight excluding hydrogens is 316 g/mol. The van der Waals surface area contributed by atoms with E-state index in [1.165, 1.54) is 18.2 Å². The van der Waals surface area contributed by atoms with E-state index in [-0.39, 0.29) is 11.6 Å². The number of hydrogen-bond donors (Lipinski definition) is 2. The number of hydrogen-bond acceptors (Lipinski definition) is 4. The van der Waals surface area contributed by atoms with E-state index in [0.717, 1.165) is 12.8 Å². The van der Waals surface area contributed by atoms with Crippen molar-refractivity contribution in [1.82, 2.24) is 0 Å². The van der Waals surface area contributed by atoms with E-state index in [1.54, 1.807) is 6.92 Å². The molecule has 0 radical (unpaired) electrons. The van der Waals surface area contributed by atoms with Crippen molar-refractivity contribution in [3.63, 3.8) is 0 Å². The summed E-state index contributed by atoms with van der Waals surface area (Å²) in [6.45, 7) is 1.64. The number of nitrogens with zero attached hydrogens (tertiary/aromatic N) is 1.